The van der Waals surface area contributed by atoms with Gasteiger partial charge in [0.05, 0.1) is 6.04 Å². The lowest BCUT2D eigenvalue weighted by atomic mass is 10.1. The van der Waals surface area contributed by atoms with E-state index in [2.05, 4.69) is 17.3 Å². The van der Waals surface area contributed by atoms with E-state index in [0.29, 0.717) is 6.04 Å². The number of piperidine rings is 1. The van der Waals surface area contributed by atoms with E-state index in [4.69, 9.17) is 0 Å². The van der Waals surface area contributed by atoms with Gasteiger partial charge in [-0.3, -0.25) is 9.89 Å². The van der Waals surface area contributed by atoms with Gasteiger partial charge in [0.1, 0.15) is 0 Å². The van der Waals surface area contributed by atoms with Gasteiger partial charge in [-0.1, -0.05) is 13.3 Å². The zero-order valence-corrected chi connectivity index (χ0v) is 9.25. The van der Waals surface area contributed by atoms with E-state index in [-0.39, 0.29) is 5.56 Å². The molecule has 2 rings (SSSR count). The first-order valence-corrected chi connectivity index (χ1v) is 5.82. The highest BCUT2D eigenvalue weighted by Crippen LogP contribution is 2.13. The molecule has 0 spiro atoms. The lowest BCUT2D eigenvalue weighted by Gasteiger charge is -2.23. The number of aryl methyl sites for hydroxylation is 1. The SMILES string of the molecule is CCCc1cc(=O)n(C2CCCNC2)[nH]1. The third kappa shape index (κ3) is 2.31. The summed E-state index contributed by atoms with van der Waals surface area (Å²) in [7, 11) is 0. The largest absolute Gasteiger partial charge is 0.315 e. The summed E-state index contributed by atoms with van der Waals surface area (Å²) in [5, 5.41) is 6.54. The molecule has 0 amide bonds. The van der Waals surface area contributed by atoms with Crippen molar-refractivity contribution in [1.29, 1.82) is 0 Å². The number of hydrogen-bond donors (Lipinski definition) is 2. The van der Waals surface area contributed by atoms with Crippen LogP contribution in [0.4, 0.5) is 0 Å². The average molecular weight is 209 g/mol. The van der Waals surface area contributed by atoms with Gasteiger partial charge in [0.15, 0.2) is 0 Å². The Kier molecular flexibility index (Phi) is 3.26. The average Bonchev–Trinajstić information content (AvgIpc) is 2.61. The van der Waals surface area contributed by atoms with Crippen molar-refractivity contribution in [2.75, 3.05) is 13.1 Å². The van der Waals surface area contributed by atoms with E-state index in [0.717, 1.165) is 44.5 Å². The summed E-state index contributed by atoms with van der Waals surface area (Å²) < 4.78 is 1.79. The van der Waals surface area contributed by atoms with E-state index in [9.17, 15) is 4.79 Å². The zero-order valence-electron chi connectivity index (χ0n) is 9.25. The van der Waals surface area contributed by atoms with E-state index < -0.39 is 0 Å². The van der Waals surface area contributed by atoms with E-state index in [1.807, 2.05) is 0 Å². The molecule has 1 aliphatic heterocycles. The molecule has 1 aromatic heterocycles. The molecule has 0 radical (unpaired) electrons. The first-order chi connectivity index (χ1) is 7.31. The molecule has 15 heavy (non-hydrogen) atoms. The Hall–Kier alpha value is -1.03. The van der Waals surface area contributed by atoms with Crippen LogP contribution < -0.4 is 10.9 Å². The Morgan fingerprint density at radius 2 is 2.47 bits per heavy atom. The second kappa shape index (κ2) is 4.66. The first kappa shape index (κ1) is 10.5. The Labute approximate surface area is 89.7 Å². The van der Waals surface area contributed by atoms with Crippen molar-refractivity contribution in [2.24, 2.45) is 0 Å². The number of nitrogens with zero attached hydrogens (tertiary/aromatic N) is 1. The van der Waals surface area contributed by atoms with Crippen LogP contribution in [0.3, 0.4) is 0 Å². The van der Waals surface area contributed by atoms with Gasteiger partial charge in [-0.05, 0) is 25.8 Å². The summed E-state index contributed by atoms with van der Waals surface area (Å²) in [5.74, 6) is 0. The van der Waals surface area contributed by atoms with Crippen molar-refractivity contribution < 1.29 is 0 Å². The number of H-pyrrole nitrogens is 1. The molecular formula is C11H19N3O. The number of aromatic amines is 1. The summed E-state index contributed by atoms with van der Waals surface area (Å²) in [5.41, 5.74) is 1.18. The highest BCUT2D eigenvalue weighted by molar-refractivity contribution is 5.00. The second-order valence-electron chi connectivity index (χ2n) is 4.24. The molecule has 1 unspecified atom stereocenters. The highest BCUT2D eigenvalue weighted by atomic mass is 16.1. The zero-order chi connectivity index (χ0) is 10.7. The minimum Gasteiger partial charge on any atom is -0.315 e. The minimum absolute atomic E-state index is 0.118. The quantitative estimate of drug-likeness (QED) is 0.782. The lowest BCUT2D eigenvalue weighted by molar-refractivity contribution is 0.339. The number of rotatable bonds is 3. The number of hydrogen-bond acceptors (Lipinski definition) is 2. The van der Waals surface area contributed by atoms with Crippen molar-refractivity contribution in [1.82, 2.24) is 15.1 Å². The maximum absolute atomic E-state index is 11.7. The molecule has 4 nitrogen and oxygen atoms in total. The first-order valence-electron chi connectivity index (χ1n) is 5.82. The van der Waals surface area contributed by atoms with Gasteiger partial charge in [0.25, 0.3) is 5.56 Å². The van der Waals surface area contributed by atoms with Crippen molar-refractivity contribution in [3.05, 3.63) is 22.1 Å². The summed E-state index contributed by atoms with van der Waals surface area (Å²) >= 11 is 0. The molecule has 4 heteroatoms. The molecule has 1 saturated heterocycles. The van der Waals surface area contributed by atoms with Crippen LogP contribution in [0, 0.1) is 0 Å². The van der Waals surface area contributed by atoms with Crippen molar-refractivity contribution in [2.45, 2.75) is 38.6 Å². The van der Waals surface area contributed by atoms with Crippen LogP contribution in [0.25, 0.3) is 0 Å². The van der Waals surface area contributed by atoms with Gasteiger partial charge in [-0.15, -0.1) is 0 Å². The molecular weight excluding hydrogens is 190 g/mol. The predicted molar refractivity (Wildman–Crippen MR) is 60.2 cm³/mol. The minimum atomic E-state index is 0.118. The molecule has 1 atom stereocenters. The van der Waals surface area contributed by atoms with Crippen molar-refractivity contribution in [3.8, 4) is 0 Å². The second-order valence-corrected chi connectivity index (χ2v) is 4.24. The van der Waals surface area contributed by atoms with Gasteiger partial charge in [0, 0.05) is 18.3 Å². The third-order valence-corrected chi connectivity index (χ3v) is 2.95. The van der Waals surface area contributed by atoms with Crippen LogP contribution >= 0.6 is 0 Å². The molecule has 2 N–H and O–H groups in total. The van der Waals surface area contributed by atoms with Crippen LogP contribution in [0.5, 0.6) is 0 Å². The Morgan fingerprint density at radius 1 is 1.60 bits per heavy atom. The summed E-state index contributed by atoms with van der Waals surface area (Å²) in [4.78, 5) is 11.7. The van der Waals surface area contributed by atoms with E-state index >= 15 is 0 Å². The Bertz CT molecular complexity index is 360. The molecule has 1 fully saturated rings. The van der Waals surface area contributed by atoms with Crippen molar-refractivity contribution >= 4 is 0 Å². The van der Waals surface area contributed by atoms with Crippen LogP contribution in [-0.2, 0) is 6.42 Å². The molecule has 0 aliphatic carbocycles. The maximum Gasteiger partial charge on any atom is 0.267 e. The topological polar surface area (TPSA) is 49.8 Å². The molecule has 0 aromatic carbocycles. The smallest absolute Gasteiger partial charge is 0.267 e. The molecule has 84 valence electrons. The van der Waals surface area contributed by atoms with E-state index in [1.165, 1.54) is 0 Å². The normalized spacial score (nSPS) is 21.8. The fourth-order valence-corrected chi connectivity index (χ4v) is 2.18. The molecule has 1 aromatic rings. The highest BCUT2D eigenvalue weighted by Gasteiger charge is 2.17. The standard InChI is InChI=1S/C11H19N3O/c1-2-4-9-7-11(15)14(13-9)10-5-3-6-12-8-10/h7,10,12-13H,2-6,8H2,1H3. The van der Waals surface area contributed by atoms with Crippen LogP contribution in [0.15, 0.2) is 10.9 Å². The summed E-state index contributed by atoms with van der Waals surface area (Å²) in [6, 6.07) is 2.05. The van der Waals surface area contributed by atoms with Crippen molar-refractivity contribution in [3.63, 3.8) is 0 Å². The van der Waals surface area contributed by atoms with Crippen LogP contribution in [0.2, 0.25) is 0 Å². The van der Waals surface area contributed by atoms with Gasteiger partial charge in [0.2, 0.25) is 0 Å². The van der Waals surface area contributed by atoms with E-state index in [1.54, 1.807) is 10.7 Å². The number of nitrogens with one attached hydrogen (secondary N) is 2. The molecule has 1 aliphatic rings. The fraction of sp³-hybridized carbons (Fsp3) is 0.727. The fourth-order valence-electron chi connectivity index (χ4n) is 2.18. The van der Waals surface area contributed by atoms with Crippen LogP contribution in [-0.4, -0.2) is 22.9 Å². The summed E-state index contributed by atoms with van der Waals surface area (Å²) in [6.45, 7) is 4.11. The van der Waals surface area contributed by atoms with Gasteiger partial charge in [-0.2, -0.15) is 0 Å². The predicted octanol–water partition coefficient (Wildman–Crippen LogP) is 1.05. The Morgan fingerprint density at radius 3 is 3.13 bits per heavy atom. The molecule has 0 bridgehead atoms. The van der Waals surface area contributed by atoms with Gasteiger partial charge < -0.3 is 5.32 Å². The lowest BCUT2D eigenvalue weighted by Crippen LogP contribution is -2.35. The maximum atomic E-state index is 11.7. The monoisotopic (exact) mass is 209 g/mol. The van der Waals surface area contributed by atoms with Gasteiger partial charge in [-0.25, -0.2) is 4.68 Å². The molecule has 2 heterocycles. The van der Waals surface area contributed by atoms with Crippen LogP contribution in [0.1, 0.15) is 37.9 Å². The Balaban J connectivity index is 2.15. The molecule has 0 saturated carbocycles. The number of aromatic nitrogens is 2. The third-order valence-electron chi connectivity index (χ3n) is 2.95. The van der Waals surface area contributed by atoms with Gasteiger partial charge >= 0.3 is 0 Å². The summed E-state index contributed by atoms with van der Waals surface area (Å²) in [6.07, 6.45) is 4.28.